The number of benzene rings is 2. The second-order valence-electron chi connectivity index (χ2n) is 4.09. The van der Waals surface area contributed by atoms with E-state index in [1.54, 1.807) is 12.1 Å². The summed E-state index contributed by atoms with van der Waals surface area (Å²) in [6.45, 7) is 0. The van der Waals surface area contributed by atoms with E-state index in [4.69, 9.17) is 9.68 Å². The Morgan fingerprint density at radius 3 is 2.79 bits per heavy atom. The Labute approximate surface area is 110 Å². The quantitative estimate of drug-likeness (QED) is 0.689. The van der Waals surface area contributed by atoms with Crippen LogP contribution >= 0.6 is 0 Å². The van der Waals surface area contributed by atoms with Crippen molar-refractivity contribution >= 4 is 23.3 Å². The fourth-order valence-corrected chi connectivity index (χ4v) is 1.84. The average Bonchev–Trinajstić information content (AvgIpc) is 2.88. The molecule has 1 aromatic heterocycles. The van der Waals surface area contributed by atoms with Crippen molar-refractivity contribution in [3.63, 3.8) is 0 Å². The molecule has 3 heteroatoms. The van der Waals surface area contributed by atoms with E-state index in [-0.39, 0.29) is 0 Å². The maximum Gasteiger partial charge on any atom is 0.220 e. The second-order valence-corrected chi connectivity index (χ2v) is 4.09. The van der Waals surface area contributed by atoms with E-state index in [2.05, 4.69) is 11.1 Å². The maximum atomic E-state index is 8.84. The molecule has 0 aliphatic heterocycles. The number of para-hydroxylation sites is 2. The van der Waals surface area contributed by atoms with Gasteiger partial charge in [0.25, 0.3) is 0 Å². The van der Waals surface area contributed by atoms with Crippen LogP contribution in [0.5, 0.6) is 0 Å². The maximum absolute atomic E-state index is 8.84. The van der Waals surface area contributed by atoms with Crippen LogP contribution in [0, 0.1) is 11.3 Å². The highest BCUT2D eigenvalue weighted by atomic mass is 16.3. The molecule has 0 amide bonds. The van der Waals surface area contributed by atoms with Crippen molar-refractivity contribution in [2.45, 2.75) is 0 Å². The van der Waals surface area contributed by atoms with Gasteiger partial charge in [-0.15, -0.1) is 0 Å². The van der Waals surface area contributed by atoms with Crippen LogP contribution in [-0.4, -0.2) is 4.98 Å². The predicted octanol–water partition coefficient (Wildman–Crippen LogP) is 3.87. The lowest BCUT2D eigenvalue weighted by atomic mass is 10.1. The summed E-state index contributed by atoms with van der Waals surface area (Å²) in [4.78, 5) is 4.35. The van der Waals surface area contributed by atoms with Gasteiger partial charge in [-0.25, -0.2) is 4.98 Å². The summed E-state index contributed by atoms with van der Waals surface area (Å²) in [5.41, 5.74) is 3.20. The van der Waals surface area contributed by atoms with Crippen molar-refractivity contribution in [2.75, 3.05) is 0 Å². The highest BCUT2D eigenvalue weighted by molar-refractivity contribution is 5.76. The largest absolute Gasteiger partial charge is 0.437 e. The number of oxazole rings is 1. The first-order valence-electron chi connectivity index (χ1n) is 5.89. The first-order valence-corrected chi connectivity index (χ1v) is 5.89. The first kappa shape index (κ1) is 11.2. The van der Waals surface area contributed by atoms with Crippen molar-refractivity contribution in [3.8, 4) is 6.07 Å². The van der Waals surface area contributed by atoms with Gasteiger partial charge in [0.1, 0.15) is 5.52 Å². The molecule has 3 nitrogen and oxygen atoms in total. The molecule has 0 N–H and O–H groups in total. The van der Waals surface area contributed by atoms with E-state index in [1.807, 2.05) is 48.5 Å². The molecule has 3 rings (SSSR count). The number of fused-ring (bicyclic) bond motifs is 1. The molecule has 0 saturated carbocycles. The van der Waals surface area contributed by atoms with Gasteiger partial charge < -0.3 is 4.42 Å². The molecule has 0 atom stereocenters. The number of nitrogens with zero attached hydrogens (tertiary/aromatic N) is 2. The molecular weight excluding hydrogens is 236 g/mol. The van der Waals surface area contributed by atoms with Crippen molar-refractivity contribution in [1.29, 1.82) is 5.26 Å². The highest BCUT2D eigenvalue weighted by Gasteiger charge is 2.00. The van der Waals surface area contributed by atoms with Crippen molar-refractivity contribution in [3.05, 3.63) is 65.5 Å². The minimum atomic E-state index is 0.559. The van der Waals surface area contributed by atoms with Gasteiger partial charge in [0, 0.05) is 6.08 Å². The van der Waals surface area contributed by atoms with E-state index in [1.165, 1.54) is 0 Å². The number of hydrogen-bond donors (Lipinski definition) is 0. The van der Waals surface area contributed by atoms with Crippen LogP contribution in [-0.2, 0) is 0 Å². The zero-order valence-electron chi connectivity index (χ0n) is 10.1. The predicted molar refractivity (Wildman–Crippen MR) is 74.1 cm³/mol. The normalized spacial score (nSPS) is 10.9. The Morgan fingerprint density at radius 2 is 1.95 bits per heavy atom. The van der Waals surface area contributed by atoms with Crippen molar-refractivity contribution in [1.82, 2.24) is 4.98 Å². The van der Waals surface area contributed by atoms with Crippen LogP contribution in [0.15, 0.2) is 52.9 Å². The molecule has 0 fully saturated rings. The van der Waals surface area contributed by atoms with E-state index in [9.17, 15) is 0 Å². The summed E-state index contributed by atoms with van der Waals surface area (Å²) in [6.07, 6.45) is 3.68. The Morgan fingerprint density at radius 1 is 1.05 bits per heavy atom. The molecule has 1 heterocycles. The number of nitriles is 1. The molecule has 0 saturated heterocycles. The lowest BCUT2D eigenvalue weighted by Gasteiger charge is -1.92. The highest BCUT2D eigenvalue weighted by Crippen LogP contribution is 2.16. The lowest BCUT2D eigenvalue weighted by molar-refractivity contribution is 0.590. The molecule has 0 unspecified atom stereocenters. The molecule has 3 aromatic rings. The summed E-state index contributed by atoms with van der Waals surface area (Å²) < 4.78 is 5.58. The van der Waals surface area contributed by atoms with Crippen LogP contribution in [0.1, 0.15) is 17.0 Å². The van der Waals surface area contributed by atoms with Crippen LogP contribution in [0.3, 0.4) is 0 Å². The van der Waals surface area contributed by atoms with E-state index >= 15 is 0 Å². The van der Waals surface area contributed by atoms with E-state index in [0.717, 1.165) is 16.7 Å². The van der Waals surface area contributed by atoms with Gasteiger partial charge in [0.05, 0.1) is 11.6 Å². The lowest BCUT2D eigenvalue weighted by Crippen LogP contribution is -1.76. The third kappa shape index (κ3) is 2.38. The molecule has 90 valence electrons. The summed E-state index contributed by atoms with van der Waals surface area (Å²) in [5, 5.41) is 8.84. The van der Waals surface area contributed by atoms with Gasteiger partial charge in [-0.05, 0) is 35.9 Å². The third-order valence-electron chi connectivity index (χ3n) is 2.74. The zero-order valence-corrected chi connectivity index (χ0v) is 10.1. The van der Waals surface area contributed by atoms with Gasteiger partial charge >= 0.3 is 0 Å². The molecule has 0 aliphatic carbocycles. The Hall–Kier alpha value is -2.86. The van der Waals surface area contributed by atoms with E-state index < -0.39 is 0 Å². The van der Waals surface area contributed by atoms with Crippen molar-refractivity contribution in [2.24, 2.45) is 0 Å². The van der Waals surface area contributed by atoms with Crippen LogP contribution in [0.4, 0.5) is 0 Å². The molecule has 2 aromatic carbocycles. The third-order valence-corrected chi connectivity index (χ3v) is 2.74. The molecular formula is C16H10N2O. The molecule has 0 radical (unpaired) electrons. The minimum absolute atomic E-state index is 0.559. The number of rotatable bonds is 2. The smallest absolute Gasteiger partial charge is 0.220 e. The number of aromatic nitrogens is 1. The van der Waals surface area contributed by atoms with Crippen molar-refractivity contribution < 1.29 is 4.42 Å². The summed E-state index contributed by atoms with van der Waals surface area (Å²) in [5.74, 6) is 0.559. The van der Waals surface area contributed by atoms with Gasteiger partial charge in [-0.1, -0.05) is 24.3 Å². The molecule has 0 bridgehead atoms. The summed E-state index contributed by atoms with van der Waals surface area (Å²) in [6, 6.07) is 17.1. The first-order chi connectivity index (χ1) is 9.35. The minimum Gasteiger partial charge on any atom is -0.437 e. The molecule has 19 heavy (non-hydrogen) atoms. The standard InChI is InChI=1S/C16H10N2O/c17-11-13-5-3-4-12(10-13)8-9-16-18-14-6-1-2-7-15(14)19-16/h1-10H/b9-8+. The fraction of sp³-hybridized carbons (Fsp3) is 0. The Bertz CT molecular complexity index is 761. The monoisotopic (exact) mass is 246 g/mol. The SMILES string of the molecule is N#Cc1cccc(/C=C/c2nc3ccccc3o2)c1. The van der Waals surface area contributed by atoms with Crippen LogP contribution in [0.2, 0.25) is 0 Å². The average molecular weight is 246 g/mol. The van der Waals surface area contributed by atoms with Crippen LogP contribution < -0.4 is 0 Å². The fourth-order valence-electron chi connectivity index (χ4n) is 1.84. The molecule has 0 spiro atoms. The number of hydrogen-bond acceptors (Lipinski definition) is 3. The summed E-state index contributed by atoms with van der Waals surface area (Å²) in [7, 11) is 0. The summed E-state index contributed by atoms with van der Waals surface area (Å²) >= 11 is 0. The zero-order chi connectivity index (χ0) is 13.1. The van der Waals surface area contributed by atoms with Gasteiger partial charge in [-0.3, -0.25) is 0 Å². The second kappa shape index (κ2) is 4.79. The Kier molecular flexibility index (Phi) is 2.83. The van der Waals surface area contributed by atoms with Gasteiger partial charge in [0.2, 0.25) is 5.89 Å². The van der Waals surface area contributed by atoms with E-state index in [0.29, 0.717) is 11.5 Å². The van der Waals surface area contributed by atoms with Gasteiger partial charge in [-0.2, -0.15) is 5.26 Å². The Balaban J connectivity index is 1.91. The topological polar surface area (TPSA) is 49.8 Å². The van der Waals surface area contributed by atoms with Gasteiger partial charge in [0.15, 0.2) is 5.58 Å². The van der Waals surface area contributed by atoms with Crippen LogP contribution in [0.25, 0.3) is 23.3 Å². The molecule has 0 aliphatic rings.